The fourth-order valence-corrected chi connectivity index (χ4v) is 0.969. The maximum absolute atomic E-state index is 8.53. The van der Waals surface area contributed by atoms with Crippen LogP contribution in [0.4, 0.5) is 0 Å². The number of nitriles is 1. The summed E-state index contributed by atoms with van der Waals surface area (Å²) < 4.78 is 1.61. The first-order valence-electron chi connectivity index (χ1n) is 4.48. The molecule has 1 aromatic heterocycles. The lowest BCUT2D eigenvalue weighted by atomic mass is 9.96. The van der Waals surface area contributed by atoms with E-state index in [1.807, 2.05) is 26.8 Å². The smallest absolute Gasteiger partial charge is 0.155 e. The van der Waals surface area contributed by atoms with Crippen LogP contribution in [0, 0.1) is 11.3 Å². The molecule has 0 aliphatic rings. The summed E-state index contributed by atoms with van der Waals surface area (Å²) >= 11 is 0. The van der Waals surface area contributed by atoms with Crippen LogP contribution < -0.4 is 5.73 Å². The summed E-state index contributed by atoms with van der Waals surface area (Å²) in [5.41, 5.74) is 5.41. The van der Waals surface area contributed by atoms with Crippen LogP contribution in [0.3, 0.4) is 0 Å². The Morgan fingerprint density at radius 2 is 2.29 bits per heavy atom. The lowest BCUT2D eigenvalue weighted by Crippen LogP contribution is -2.24. The molecule has 1 rings (SSSR count). The molecule has 5 heteroatoms. The molecule has 0 aliphatic carbocycles. The summed E-state index contributed by atoms with van der Waals surface area (Å²) in [5.74, 6) is 0.766. The molecular formula is C9H15N5. The lowest BCUT2D eigenvalue weighted by Gasteiger charge is -2.12. The first-order chi connectivity index (χ1) is 6.43. The van der Waals surface area contributed by atoms with E-state index in [0.29, 0.717) is 6.54 Å². The van der Waals surface area contributed by atoms with Crippen molar-refractivity contribution in [1.82, 2.24) is 14.8 Å². The van der Waals surface area contributed by atoms with Gasteiger partial charge < -0.3 is 5.73 Å². The van der Waals surface area contributed by atoms with Gasteiger partial charge in [-0.05, 0) is 0 Å². The predicted molar refractivity (Wildman–Crippen MR) is 52.3 cm³/mol. The van der Waals surface area contributed by atoms with Crippen LogP contribution in [0.2, 0.25) is 0 Å². The molecule has 5 nitrogen and oxygen atoms in total. The molecule has 1 unspecified atom stereocenters. The van der Waals surface area contributed by atoms with E-state index in [1.54, 1.807) is 11.0 Å². The molecule has 0 fully saturated rings. The number of rotatable bonds is 2. The Morgan fingerprint density at radius 3 is 2.71 bits per heavy atom. The fourth-order valence-electron chi connectivity index (χ4n) is 0.969. The van der Waals surface area contributed by atoms with E-state index < -0.39 is 6.04 Å². The molecule has 0 saturated heterocycles. The zero-order valence-electron chi connectivity index (χ0n) is 8.73. The van der Waals surface area contributed by atoms with Crippen molar-refractivity contribution in [3.05, 3.63) is 12.2 Å². The predicted octanol–water partition coefficient (Wildman–Crippen LogP) is 0.426. The number of nitrogens with two attached hydrogens (primary N) is 1. The summed E-state index contributed by atoms with van der Waals surface area (Å²) in [6.45, 7) is 6.50. The molecule has 0 amide bonds. The topological polar surface area (TPSA) is 80.5 Å². The largest absolute Gasteiger partial charge is 0.314 e. The van der Waals surface area contributed by atoms with Crippen molar-refractivity contribution in [2.24, 2.45) is 5.73 Å². The van der Waals surface area contributed by atoms with Gasteiger partial charge in [0.05, 0.1) is 12.6 Å². The van der Waals surface area contributed by atoms with Crippen molar-refractivity contribution in [1.29, 1.82) is 5.26 Å². The molecule has 0 aliphatic heterocycles. The van der Waals surface area contributed by atoms with Crippen molar-refractivity contribution in [3.63, 3.8) is 0 Å². The Labute approximate surface area is 83.5 Å². The van der Waals surface area contributed by atoms with Crippen LogP contribution in [0.25, 0.3) is 0 Å². The minimum absolute atomic E-state index is 0.0675. The van der Waals surface area contributed by atoms with Gasteiger partial charge in [-0.25, -0.2) is 4.98 Å². The van der Waals surface area contributed by atoms with E-state index in [-0.39, 0.29) is 5.41 Å². The Hall–Kier alpha value is -1.41. The molecule has 0 spiro atoms. The summed E-state index contributed by atoms with van der Waals surface area (Å²) in [6.07, 6.45) is 1.61. The first kappa shape index (κ1) is 10.7. The van der Waals surface area contributed by atoms with Gasteiger partial charge in [-0.3, -0.25) is 4.68 Å². The molecule has 0 radical (unpaired) electrons. The number of nitrogens with zero attached hydrogens (tertiary/aromatic N) is 4. The third-order valence-corrected chi connectivity index (χ3v) is 1.76. The Bertz CT molecular complexity index is 341. The zero-order chi connectivity index (χ0) is 10.8. The van der Waals surface area contributed by atoms with Gasteiger partial charge >= 0.3 is 0 Å². The average Bonchev–Trinajstić information content (AvgIpc) is 2.51. The van der Waals surface area contributed by atoms with Gasteiger partial charge in [0.15, 0.2) is 5.82 Å². The van der Waals surface area contributed by atoms with E-state index >= 15 is 0 Å². The van der Waals surface area contributed by atoms with Gasteiger partial charge in [-0.2, -0.15) is 10.4 Å². The van der Waals surface area contributed by atoms with Gasteiger partial charge in [0.25, 0.3) is 0 Å². The van der Waals surface area contributed by atoms with E-state index in [0.717, 1.165) is 5.82 Å². The normalized spacial score (nSPS) is 13.6. The molecule has 2 N–H and O–H groups in total. The van der Waals surface area contributed by atoms with E-state index in [4.69, 9.17) is 11.0 Å². The minimum Gasteiger partial charge on any atom is -0.314 e. The zero-order valence-corrected chi connectivity index (χ0v) is 8.73. The second-order valence-electron chi connectivity index (χ2n) is 4.28. The Kier molecular flexibility index (Phi) is 2.87. The molecule has 1 atom stereocenters. The number of hydrogen-bond donors (Lipinski definition) is 1. The molecular weight excluding hydrogens is 178 g/mol. The molecule has 76 valence electrons. The summed E-state index contributed by atoms with van der Waals surface area (Å²) in [5, 5.41) is 12.8. The highest BCUT2D eigenvalue weighted by Crippen LogP contribution is 2.16. The molecule has 1 heterocycles. The first-order valence-corrected chi connectivity index (χ1v) is 4.48. The number of aromatic nitrogens is 3. The van der Waals surface area contributed by atoms with Crippen LogP contribution in [-0.4, -0.2) is 20.8 Å². The second-order valence-corrected chi connectivity index (χ2v) is 4.28. The maximum Gasteiger partial charge on any atom is 0.155 e. The van der Waals surface area contributed by atoms with Gasteiger partial charge in [-0.1, -0.05) is 20.8 Å². The van der Waals surface area contributed by atoms with E-state index in [9.17, 15) is 0 Å². The maximum atomic E-state index is 8.53. The van der Waals surface area contributed by atoms with Crippen LogP contribution in [0.1, 0.15) is 26.6 Å². The van der Waals surface area contributed by atoms with Crippen LogP contribution >= 0.6 is 0 Å². The highest BCUT2D eigenvalue weighted by Gasteiger charge is 2.18. The summed E-state index contributed by atoms with van der Waals surface area (Å²) in [7, 11) is 0. The second kappa shape index (κ2) is 3.76. The van der Waals surface area contributed by atoms with Gasteiger partial charge in [0.2, 0.25) is 0 Å². The highest BCUT2D eigenvalue weighted by molar-refractivity contribution is 4.99. The van der Waals surface area contributed by atoms with Crippen molar-refractivity contribution in [3.8, 4) is 6.07 Å². The molecule has 0 saturated carbocycles. The Balaban J connectivity index is 2.75. The van der Waals surface area contributed by atoms with Crippen LogP contribution in [0.15, 0.2) is 6.33 Å². The lowest BCUT2D eigenvalue weighted by molar-refractivity contribution is 0.514. The molecule has 14 heavy (non-hydrogen) atoms. The van der Waals surface area contributed by atoms with Crippen LogP contribution in [0.5, 0.6) is 0 Å². The van der Waals surface area contributed by atoms with Gasteiger partial charge in [0, 0.05) is 5.41 Å². The quantitative estimate of drug-likeness (QED) is 0.738. The molecule has 1 aromatic rings. The van der Waals surface area contributed by atoms with Crippen molar-refractivity contribution in [2.75, 3.05) is 0 Å². The third kappa shape index (κ3) is 2.54. The van der Waals surface area contributed by atoms with Crippen molar-refractivity contribution < 1.29 is 0 Å². The van der Waals surface area contributed by atoms with Crippen LogP contribution in [-0.2, 0) is 12.0 Å². The minimum atomic E-state index is -0.524. The fraction of sp³-hybridized carbons (Fsp3) is 0.667. The van der Waals surface area contributed by atoms with E-state index in [1.165, 1.54) is 0 Å². The molecule has 0 bridgehead atoms. The van der Waals surface area contributed by atoms with Gasteiger partial charge in [-0.15, -0.1) is 0 Å². The van der Waals surface area contributed by atoms with Gasteiger partial charge in [0.1, 0.15) is 12.4 Å². The summed E-state index contributed by atoms with van der Waals surface area (Å²) in [4.78, 5) is 4.16. The number of hydrogen-bond acceptors (Lipinski definition) is 4. The Morgan fingerprint density at radius 1 is 1.64 bits per heavy atom. The third-order valence-electron chi connectivity index (χ3n) is 1.76. The van der Waals surface area contributed by atoms with Crippen molar-refractivity contribution in [2.45, 2.75) is 38.8 Å². The standard InChI is InChI=1S/C9H15N5/c1-9(2,3)8-12-6-14(13-8)5-7(11)4-10/h6-7H,5,11H2,1-3H3. The van der Waals surface area contributed by atoms with E-state index in [2.05, 4.69) is 10.1 Å². The SMILES string of the molecule is CC(C)(C)c1ncn(CC(N)C#N)n1. The summed E-state index contributed by atoms with van der Waals surface area (Å²) in [6, 6.07) is 1.43. The van der Waals surface area contributed by atoms with Crippen molar-refractivity contribution >= 4 is 0 Å². The average molecular weight is 193 g/mol. The molecule has 0 aromatic carbocycles. The highest BCUT2D eigenvalue weighted by atomic mass is 15.3. The monoisotopic (exact) mass is 193 g/mol.